The Labute approximate surface area is 231 Å². The minimum absolute atomic E-state index is 0.0197. The van der Waals surface area contributed by atoms with E-state index in [4.69, 9.17) is 16.2 Å². The number of likely N-dealkylation sites (tertiary alicyclic amines) is 1. The predicted octanol–water partition coefficient (Wildman–Crippen LogP) is -1.86. The summed E-state index contributed by atoms with van der Waals surface area (Å²) in [6.45, 7) is 9.83. The van der Waals surface area contributed by atoms with Crippen molar-refractivity contribution in [1.29, 1.82) is 0 Å². The van der Waals surface area contributed by atoms with Crippen LogP contribution in [0, 0.1) is 0 Å². The molecule has 1 aliphatic heterocycles. The molecule has 2 unspecified atom stereocenters. The second kappa shape index (κ2) is 16.2. The Balaban J connectivity index is 2.40. The van der Waals surface area contributed by atoms with Crippen LogP contribution in [0.3, 0.4) is 0 Å². The number of hydrogen-bond donors (Lipinski definition) is 4. The van der Waals surface area contributed by atoms with Crippen LogP contribution in [0.15, 0.2) is 0 Å². The molecule has 0 aromatic carbocycles. The smallest absolute Gasteiger partial charge is 0.407 e. The lowest BCUT2D eigenvalue weighted by atomic mass is 10.1. The quantitative estimate of drug-likeness (QED) is 0.169. The highest BCUT2D eigenvalue weighted by atomic mass is 16.6. The van der Waals surface area contributed by atoms with Gasteiger partial charge in [0.2, 0.25) is 23.6 Å². The van der Waals surface area contributed by atoms with Gasteiger partial charge in [0.25, 0.3) is 0 Å². The van der Waals surface area contributed by atoms with Gasteiger partial charge in [-0.25, -0.2) is 4.79 Å². The van der Waals surface area contributed by atoms with Gasteiger partial charge in [-0.05, 0) is 54.8 Å². The van der Waals surface area contributed by atoms with Crippen molar-refractivity contribution in [3.63, 3.8) is 0 Å². The zero-order valence-electron chi connectivity index (χ0n) is 24.3. The van der Waals surface area contributed by atoms with E-state index in [0.29, 0.717) is 45.6 Å². The highest BCUT2D eigenvalue weighted by molar-refractivity contribution is 5.95. The number of carbonyl (C=O) groups is 5. The van der Waals surface area contributed by atoms with Crippen molar-refractivity contribution in [3.05, 3.63) is 0 Å². The molecular formula is C25H48N8O6. The Morgan fingerprint density at radius 3 is 2.05 bits per heavy atom. The molecule has 2 atom stereocenters. The van der Waals surface area contributed by atoms with E-state index in [-0.39, 0.29) is 13.0 Å². The molecule has 0 radical (unpaired) electrons. The van der Waals surface area contributed by atoms with Gasteiger partial charge >= 0.3 is 6.09 Å². The summed E-state index contributed by atoms with van der Waals surface area (Å²) in [5.74, 6) is -2.30. The van der Waals surface area contributed by atoms with Crippen LogP contribution in [-0.2, 0) is 23.9 Å². The molecule has 1 heterocycles. The fourth-order valence-corrected chi connectivity index (χ4v) is 4.06. The first-order valence-electron chi connectivity index (χ1n) is 13.3. The lowest BCUT2D eigenvalue weighted by Crippen LogP contribution is -2.55. The molecule has 14 nitrogen and oxygen atoms in total. The van der Waals surface area contributed by atoms with Crippen molar-refractivity contribution < 1.29 is 28.7 Å². The van der Waals surface area contributed by atoms with Crippen molar-refractivity contribution >= 4 is 29.7 Å². The third-order valence-electron chi connectivity index (χ3n) is 6.21. The number of primary amides is 2. The number of ether oxygens (including phenoxy) is 1. The molecule has 1 fully saturated rings. The van der Waals surface area contributed by atoms with Gasteiger partial charge < -0.3 is 41.5 Å². The van der Waals surface area contributed by atoms with E-state index >= 15 is 0 Å². The summed E-state index contributed by atoms with van der Waals surface area (Å²) in [5.41, 5.74) is 10.2. The number of nitrogens with one attached hydrogen (secondary N) is 2. The summed E-state index contributed by atoms with van der Waals surface area (Å²) in [5, 5.41) is 5.34. The Kier molecular flexibility index (Phi) is 14.2. The van der Waals surface area contributed by atoms with Crippen molar-refractivity contribution in [2.75, 3.05) is 73.5 Å². The topological polar surface area (TPSA) is 184 Å². The fraction of sp³-hybridized carbons (Fsp3) is 0.800. The van der Waals surface area contributed by atoms with E-state index in [2.05, 4.69) is 20.4 Å². The maximum Gasteiger partial charge on any atom is 0.407 e. The molecule has 1 saturated heterocycles. The molecular weight excluding hydrogens is 508 g/mol. The third-order valence-corrected chi connectivity index (χ3v) is 6.21. The van der Waals surface area contributed by atoms with Crippen LogP contribution in [-0.4, -0.2) is 141 Å². The standard InChI is InChI=1S/C25H48N8O6/c1-25(2,3)39-24(38)28-9-11-30(4)12-13-31(5)14-15-32(6)17-21(35)29-18(16-20(26)34)23(37)33-10-7-8-19(33)22(27)36/h18-19H,7-17H2,1-6H3,(H2,26,34)(H2,27,36)(H,28,38)(H,29,35). The maximum absolute atomic E-state index is 13.0. The highest BCUT2D eigenvalue weighted by Crippen LogP contribution is 2.18. The van der Waals surface area contributed by atoms with Gasteiger partial charge in [0.05, 0.1) is 13.0 Å². The zero-order chi connectivity index (χ0) is 29.8. The summed E-state index contributed by atoms with van der Waals surface area (Å²) < 4.78 is 5.22. The first-order valence-corrected chi connectivity index (χ1v) is 13.3. The number of carbonyl (C=O) groups excluding carboxylic acids is 5. The molecule has 1 aliphatic rings. The third kappa shape index (κ3) is 14.1. The number of nitrogens with zero attached hydrogens (tertiary/aromatic N) is 4. The number of nitrogens with two attached hydrogens (primary N) is 2. The average molecular weight is 557 g/mol. The summed E-state index contributed by atoms with van der Waals surface area (Å²) >= 11 is 0. The lowest BCUT2D eigenvalue weighted by Gasteiger charge is -2.28. The fourth-order valence-electron chi connectivity index (χ4n) is 4.06. The normalized spacial score (nSPS) is 16.4. The van der Waals surface area contributed by atoms with Gasteiger partial charge in [-0.1, -0.05) is 0 Å². The largest absolute Gasteiger partial charge is 0.444 e. The van der Waals surface area contributed by atoms with E-state index in [1.165, 1.54) is 4.90 Å². The number of amides is 5. The Hall–Kier alpha value is -2.97. The van der Waals surface area contributed by atoms with Crippen molar-refractivity contribution in [2.45, 2.75) is 57.7 Å². The predicted molar refractivity (Wildman–Crippen MR) is 146 cm³/mol. The van der Waals surface area contributed by atoms with Crippen LogP contribution in [0.25, 0.3) is 0 Å². The van der Waals surface area contributed by atoms with E-state index in [1.54, 1.807) is 7.05 Å². The lowest BCUT2D eigenvalue weighted by molar-refractivity contribution is -0.141. The molecule has 1 rings (SSSR count). The highest BCUT2D eigenvalue weighted by Gasteiger charge is 2.37. The van der Waals surface area contributed by atoms with Gasteiger partial charge in [0.1, 0.15) is 17.7 Å². The van der Waals surface area contributed by atoms with Crippen LogP contribution >= 0.6 is 0 Å². The summed E-state index contributed by atoms with van der Waals surface area (Å²) in [6.07, 6.45) is 0.273. The molecule has 0 spiro atoms. The van der Waals surface area contributed by atoms with Gasteiger partial charge in [0.15, 0.2) is 0 Å². The number of rotatable bonds is 16. The van der Waals surface area contributed by atoms with Crippen molar-refractivity contribution in [2.24, 2.45) is 11.5 Å². The van der Waals surface area contributed by atoms with Crippen LogP contribution in [0.1, 0.15) is 40.0 Å². The summed E-state index contributed by atoms with van der Waals surface area (Å²) in [6, 6.07) is -1.89. The number of alkyl carbamates (subject to hydrolysis) is 1. The molecule has 0 aliphatic carbocycles. The van der Waals surface area contributed by atoms with Crippen LogP contribution in [0.2, 0.25) is 0 Å². The molecule has 224 valence electrons. The van der Waals surface area contributed by atoms with E-state index in [0.717, 1.165) is 13.1 Å². The minimum atomic E-state index is -1.15. The second-order valence-corrected chi connectivity index (χ2v) is 11.2. The summed E-state index contributed by atoms with van der Waals surface area (Å²) in [7, 11) is 5.74. The Bertz CT molecular complexity index is 849. The van der Waals surface area contributed by atoms with Crippen LogP contribution < -0.4 is 22.1 Å². The minimum Gasteiger partial charge on any atom is -0.444 e. The first kappa shape index (κ1) is 34.1. The SMILES string of the molecule is CN(CCNC(=O)OC(C)(C)C)CCN(C)CCN(C)CC(=O)NC(CC(N)=O)C(=O)N1CCCC1C(N)=O. The molecule has 0 bridgehead atoms. The summed E-state index contributed by atoms with van der Waals surface area (Å²) in [4.78, 5) is 67.9. The Morgan fingerprint density at radius 2 is 1.51 bits per heavy atom. The number of hydrogen-bond acceptors (Lipinski definition) is 9. The van der Waals surface area contributed by atoms with Gasteiger partial charge in [-0.2, -0.15) is 0 Å². The molecule has 14 heteroatoms. The van der Waals surface area contributed by atoms with Crippen LogP contribution in [0.5, 0.6) is 0 Å². The molecule has 39 heavy (non-hydrogen) atoms. The molecule has 6 N–H and O–H groups in total. The Morgan fingerprint density at radius 1 is 0.949 bits per heavy atom. The molecule has 0 saturated carbocycles. The van der Waals surface area contributed by atoms with E-state index in [1.807, 2.05) is 39.8 Å². The average Bonchev–Trinajstić information content (AvgIpc) is 3.29. The van der Waals surface area contributed by atoms with Gasteiger partial charge in [0, 0.05) is 45.8 Å². The van der Waals surface area contributed by atoms with Gasteiger partial charge in [-0.15, -0.1) is 0 Å². The van der Waals surface area contributed by atoms with E-state index in [9.17, 15) is 24.0 Å². The van der Waals surface area contributed by atoms with Crippen molar-refractivity contribution in [3.8, 4) is 0 Å². The van der Waals surface area contributed by atoms with E-state index < -0.39 is 47.4 Å². The molecule has 5 amide bonds. The van der Waals surface area contributed by atoms with Crippen LogP contribution in [0.4, 0.5) is 4.79 Å². The second-order valence-electron chi connectivity index (χ2n) is 11.2. The molecule has 0 aromatic heterocycles. The molecule has 0 aromatic rings. The zero-order valence-corrected chi connectivity index (χ0v) is 24.3. The monoisotopic (exact) mass is 556 g/mol. The maximum atomic E-state index is 13.0. The van der Waals surface area contributed by atoms with Gasteiger partial charge in [-0.3, -0.25) is 24.1 Å². The number of likely N-dealkylation sites (N-methyl/N-ethyl adjacent to an activating group) is 3. The first-order chi connectivity index (χ1) is 18.1. The van der Waals surface area contributed by atoms with Crippen molar-refractivity contribution in [1.82, 2.24) is 30.2 Å².